The molecule has 5 heteroatoms. The number of nitrogens with zero attached hydrogens (tertiary/aromatic N) is 1. The van der Waals surface area contributed by atoms with Crippen LogP contribution in [-0.4, -0.2) is 37.4 Å². The number of ether oxygens (including phenoxy) is 3. The Bertz CT molecular complexity index is 1090. The van der Waals surface area contributed by atoms with Gasteiger partial charge >= 0.3 is 0 Å². The average Bonchev–Trinajstić information content (AvgIpc) is 3.20. The van der Waals surface area contributed by atoms with Gasteiger partial charge in [-0.05, 0) is 53.4 Å². The first-order valence-electron chi connectivity index (χ1n) is 11.2. The fourth-order valence-corrected chi connectivity index (χ4v) is 4.49. The van der Waals surface area contributed by atoms with Crippen molar-refractivity contribution in [3.63, 3.8) is 0 Å². The summed E-state index contributed by atoms with van der Waals surface area (Å²) in [7, 11) is 0. The number of fused-ring (bicyclic) bond motifs is 1. The van der Waals surface area contributed by atoms with Gasteiger partial charge in [0.1, 0.15) is 18.5 Å². The summed E-state index contributed by atoms with van der Waals surface area (Å²) < 4.78 is 31.8. The summed E-state index contributed by atoms with van der Waals surface area (Å²) in [5.41, 5.74) is 5.57. The molecule has 0 bridgehead atoms. The zero-order valence-electron chi connectivity index (χ0n) is 18.4. The molecule has 166 valence electrons. The van der Waals surface area contributed by atoms with E-state index in [-0.39, 0.29) is 11.9 Å². The van der Waals surface area contributed by atoms with Gasteiger partial charge in [0, 0.05) is 31.6 Å². The lowest BCUT2D eigenvalue weighted by Crippen LogP contribution is -2.25. The summed E-state index contributed by atoms with van der Waals surface area (Å²) in [6.07, 6.45) is 0.927. The topological polar surface area (TPSA) is 30.9 Å². The van der Waals surface area contributed by atoms with E-state index in [9.17, 15) is 4.39 Å². The molecular formula is C27H28FNO3. The number of rotatable bonds is 5. The molecule has 1 fully saturated rings. The summed E-state index contributed by atoms with van der Waals surface area (Å²) in [5, 5.41) is 0. The van der Waals surface area contributed by atoms with Gasteiger partial charge in [-0.3, -0.25) is 4.90 Å². The van der Waals surface area contributed by atoms with Crippen molar-refractivity contribution in [1.29, 1.82) is 0 Å². The van der Waals surface area contributed by atoms with Gasteiger partial charge in [-0.1, -0.05) is 36.4 Å². The minimum atomic E-state index is -0.203. The minimum absolute atomic E-state index is 0.0430. The lowest BCUT2D eigenvalue weighted by atomic mass is 9.97. The third-order valence-corrected chi connectivity index (χ3v) is 6.11. The van der Waals surface area contributed by atoms with Gasteiger partial charge in [0.25, 0.3) is 0 Å². The van der Waals surface area contributed by atoms with Gasteiger partial charge < -0.3 is 14.2 Å². The van der Waals surface area contributed by atoms with Crippen LogP contribution in [0.5, 0.6) is 11.5 Å². The summed E-state index contributed by atoms with van der Waals surface area (Å²) in [4.78, 5) is 2.30. The highest BCUT2D eigenvalue weighted by atomic mass is 19.1. The van der Waals surface area contributed by atoms with Crippen molar-refractivity contribution in [1.82, 2.24) is 4.90 Å². The maximum Gasteiger partial charge on any atom is 0.165 e. The molecule has 32 heavy (non-hydrogen) atoms. The highest BCUT2D eigenvalue weighted by Gasteiger charge is 2.25. The maximum atomic E-state index is 13.7. The molecule has 0 aliphatic carbocycles. The van der Waals surface area contributed by atoms with Crippen molar-refractivity contribution in [2.45, 2.75) is 32.5 Å². The largest absolute Gasteiger partial charge is 0.488 e. The molecule has 0 aromatic heterocycles. The average molecular weight is 434 g/mol. The molecule has 0 saturated carbocycles. The van der Waals surface area contributed by atoms with E-state index in [1.54, 1.807) is 12.1 Å². The van der Waals surface area contributed by atoms with Gasteiger partial charge in [0.05, 0.1) is 13.2 Å². The Labute approximate surface area is 188 Å². The zero-order chi connectivity index (χ0) is 21.9. The van der Waals surface area contributed by atoms with Gasteiger partial charge in [0.15, 0.2) is 11.5 Å². The Hall–Kier alpha value is -2.89. The smallest absolute Gasteiger partial charge is 0.165 e. The predicted molar refractivity (Wildman–Crippen MR) is 122 cm³/mol. The summed E-state index contributed by atoms with van der Waals surface area (Å²) in [6, 6.07) is 19.5. The molecule has 2 aliphatic rings. The van der Waals surface area contributed by atoms with Crippen LogP contribution in [0.2, 0.25) is 0 Å². The molecular weight excluding hydrogens is 405 g/mol. The highest BCUT2D eigenvalue weighted by molar-refractivity contribution is 5.72. The van der Waals surface area contributed by atoms with Crippen molar-refractivity contribution in [2.75, 3.05) is 26.4 Å². The van der Waals surface area contributed by atoms with Crippen LogP contribution in [0.15, 0.2) is 60.7 Å². The third-order valence-electron chi connectivity index (χ3n) is 6.11. The Morgan fingerprint density at radius 1 is 1.06 bits per heavy atom. The molecule has 0 amide bonds. The van der Waals surface area contributed by atoms with Crippen LogP contribution in [0, 0.1) is 12.7 Å². The van der Waals surface area contributed by atoms with E-state index in [0.29, 0.717) is 26.3 Å². The number of hydrogen-bond acceptors (Lipinski definition) is 4. The first-order chi connectivity index (χ1) is 15.7. The predicted octanol–water partition coefficient (Wildman–Crippen LogP) is 5.36. The minimum Gasteiger partial charge on any atom is -0.488 e. The van der Waals surface area contributed by atoms with Crippen LogP contribution in [0.1, 0.15) is 23.1 Å². The Morgan fingerprint density at radius 2 is 1.97 bits per heavy atom. The van der Waals surface area contributed by atoms with Crippen LogP contribution in [-0.2, 0) is 17.8 Å². The molecule has 0 N–H and O–H groups in total. The van der Waals surface area contributed by atoms with Gasteiger partial charge in [-0.2, -0.15) is 0 Å². The van der Waals surface area contributed by atoms with E-state index in [1.807, 2.05) is 6.07 Å². The van der Waals surface area contributed by atoms with Crippen LogP contribution >= 0.6 is 0 Å². The number of hydrogen-bond donors (Lipinski definition) is 0. The Morgan fingerprint density at radius 3 is 2.78 bits per heavy atom. The molecule has 2 heterocycles. The SMILES string of the molecule is Cc1ccccc1-c1cc2c(c(O[C@H]3CCOC3)c1)OCCN(Cc1cccc(F)c1)C2. The Balaban J connectivity index is 1.50. The standard InChI is InChI=1S/C27H28FNO3/c1-19-5-2-3-8-25(19)21-14-22-17-29(16-20-6-4-7-23(28)13-20)10-12-31-27(22)26(15-21)32-24-9-11-30-18-24/h2-8,13-15,24H,9-12,16-18H2,1H3/t24-/m0/s1. The molecule has 0 unspecified atom stereocenters. The lowest BCUT2D eigenvalue weighted by Gasteiger charge is -2.21. The van der Waals surface area contributed by atoms with Crippen molar-refractivity contribution >= 4 is 0 Å². The van der Waals surface area contributed by atoms with Gasteiger partial charge in [-0.25, -0.2) is 4.39 Å². The summed E-state index contributed by atoms with van der Waals surface area (Å²) in [6.45, 7) is 6.16. The summed E-state index contributed by atoms with van der Waals surface area (Å²) >= 11 is 0. The molecule has 4 nitrogen and oxygen atoms in total. The van der Waals surface area contributed by atoms with E-state index in [4.69, 9.17) is 14.2 Å². The van der Waals surface area contributed by atoms with E-state index in [1.165, 1.54) is 17.2 Å². The second-order valence-electron chi connectivity index (χ2n) is 8.57. The third kappa shape index (κ3) is 4.64. The summed E-state index contributed by atoms with van der Waals surface area (Å²) in [5.74, 6) is 1.39. The molecule has 2 aliphatic heterocycles. The fraction of sp³-hybridized carbons (Fsp3) is 0.333. The van der Waals surface area contributed by atoms with Crippen LogP contribution in [0.3, 0.4) is 0 Å². The second kappa shape index (κ2) is 9.31. The fourth-order valence-electron chi connectivity index (χ4n) is 4.49. The van der Waals surface area contributed by atoms with Crippen molar-refractivity contribution in [2.24, 2.45) is 0 Å². The first kappa shape index (κ1) is 21.0. The second-order valence-corrected chi connectivity index (χ2v) is 8.57. The molecule has 3 aromatic rings. The Kier molecular flexibility index (Phi) is 6.10. The van der Waals surface area contributed by atoms with E-state index in [0.717, 1.165) is 47.8 Å². The molecule has 1 saturated heterocycles. The molecule has 5 rings (SSSR count). The van der Waals surface area contributed by atoms with Crippen LogP contribution < -0.4 is 9.47 Å². The van der Waals surface area contributed by atoms with E-state index in [2.05, 4.69) is 48.2 Å². The number of halogens is 1. The lowest BCUT2D eigenvalue weighted by molar-refractivity contribution is 0.137. The van der Waals surface area contributed by atoms with Crippen molar-refractivity contribution in [3.8, 4) is 22.6 Å². The highest BCUT2D eigenvalue weighted by Crippen LogP contribution is 2.40. The number of benzene rings is 3. The molecule has 1 atom stereocenters. The normalized spacial score (nSPS) is 18.6. The van der Waals surface area contributed by atoms with Gasteiger partial charge in [0.2, 0.25) is 0 Å². The van der Waals surface area contributed by atoms with Crippen molar-refractivity contribution < 1.29 is 18.6 Å². The van der Waals surface area contributed by atoms with Crippen LogP contribution in [0.4, 0.5) is 4.39 Å². The number of aryl methyl sites for hydroxylation is 1. The van der Waals surface area contributed by atoms with E-state index >= 15 is 0 Å². The quantitative estimate of drug-likeness (QED) is 0.542. The molecule has 3 aromatic carbocycles. The van der Waals surface area contributed by atoms with Gasteiger partial charge in [-0.15, -0.1) is 0 Å². The first-order valence-corrected chi connectivity index (χ1v) is 11.2. The monoisotopic (exact) mass is 433 g/mol. The van der Waals surface area contributed by atoms with Crippen LogP contribution in [0.25, 0.3) is 11.1 Å². The zero-order valence-corrected chi connectivity index (χ0v) is 18.4. The maximum absolute atomic E-state index is 13.7. The molecule has 0 radical (unpaired) electrons. The van der Waals surface area contributed by atoms with Crippen molar-refractivity contribution in [3.05, 3.63) is 83.2 Å². The van der Waals surface area contributed by atoms with E-state index < -0.39 is 0 Å². The molecule has 0 spiro atoms.